The van der Waals surface area contributed by atoms with E-state index in [1.165, 1.54) is 0 Å². The van der Waals surface area contributed by atoms with Gasteiger partial charge in [-0.25, -0.2) is 13.1 Å². The van der Waals surface area contributed by atoms with Gasteiger partial charge in [-0.05, 0) is 19.8 Å². The minimum absolute atomic E-state index is 0.298. The number of hydrogen-bond donors (Lipinski definition) is 1. The van der Waals surface area contributed by atoms with Gasteiger partial charge in [0.25, 0.3) is 0 Å². The Hall–Kier alpha value is -0.0100. The van der Waals surface area contributed by atoms with E-state index in [0.29, 0.717) is 12.3 Å². The molecule has 0 amide bonds. The predicted octanol–water partition coefficient (Wildman–Crippen LogP) is 2.27. The molecule has 1 unspecified atom stereocenters. The molecule has 3 nitrogen and oxygen atoms in total. The number of alkyl halides is 4. The fourth-order valence-electron chi connectivity index (χ4n) is 1.05. The van der Waals surface area contributed by atoms with Crippen LogP contribution in [0.15, 0.2) is 0 Å². The SMILES string of the molecule is CC(CCCl)NS(=O)(=O)CCCC(F)(F)F. The van der Waals surface area contributed by atoms with Crippen molar-refractivity contribution in [3.8, 4) is 0 Å². The summed E-state index contributed by atoms with van der Waals surface area (Å²) in [6.07, 6.45) is -5.37. The lowest BCUT2D eigenvalue weighted by molar-refractivity contribution is -0.134. The highest BCUT2D eigenvalue weighted by molar-refractivity contribution is 7.89. The molecule has 0 saturated carbocycles. The molecule has 98 valence electrons. The standard InChI is InChI=1S/C8H15ClF3NO2S/c1-7(3-5-9)13-16(14,15)6-2-4-8(10,11)12/h7,13H,2-6H2,1H3. The Balaban J connectivity index is 3.97. The number of halogens is 4. The predicted molar refractivity (Wildman–Crippen MR) is 57.0 cm³/mol. The first-order valence-electron chi connectivity index (χ1n) is 4.79. The van der Waals surface area contributed by atoms with Gasteiger partial charge in [0.2, 0.25) is 10.0 Å². The highest BCUT2D eigenvalue weighted by Gasteiger charge is 2.27. The van der Waals surface area contributed by atoms with Crippen molar-refractivity contribution < 1.29 is 21.6 Å². The zero-order valence-electron chi connectivity index (χ0n) is 8.85. The monoisotopic (exact) mass is 281 g/mol. The molecule has 0 aromatic carbocycles. The van der Waals surface area contributed by atoms with Gasteiger partial charge in [0.05, 0.1) is 5.75 Å². The first-order chi connectivity index (χ1) is 7.16. The van der Waals surface area contributed by atoms with E-state index in [-0.39, 0.29) is 6.04 Å². The normalized spacial score (nSPS) is 15.1. The summed E-state index contributed by atoms with van der Waals surface area (Å²) in [5.74, 6) is -0.217. The van der Waals surface area contributed by atoms with Gasteiger partial charge in [-0.2, -0.15) is 13.2 Å². The molecule has 0 rings (SSSR count). The first kappa shape index (κ1) is 16.0. The second-order valence-electron chi connectivity index (χ2n) is 3.53. The Morgan fingerprint density at radius 2 is 1.94 bits per heavy atom. The van der Waals surface area contributed by atoms with Crippen molar-refractivity contribution in [2.75, 3.05) is 11.6 Å². The molecular formula is C8H15ClF3NO2S. The van der Waals surface area contributed by atoms with Crippen LogP contribution in [0.4, 0.5) is 13.2 Å². The Morgan fingerprint density at radius 3 is 2.38 bits per heavy atom. The van der Waals surface area contributed by atoms with E-state index in [4.69, 9.17) is 11.6 Å². The first-order valence-corrected chi connectivity index (χ1v) is 6.97. The third-order valence-electron chi connectivity index (χ3n) is 1.80. The Bertz CT molecular complexity index is 292. The number of rotatable bonds is 7. The van der Waals surface area contributed by atoms with Crippen LogP contribution >= 0.6 is 11.6 Å². The average molecular weight is 282 g/mol. The molecule has 1 N–H and O–H groups in total. The van der Waals surface area contributed by atoms with Crippen molar-refractivity contribution in [2.45, 2.75) is 38.4 Å². The molecule has 0 aliphatic rings. The van der Waals surface area contributed by atoms with E-state index in [2.05, 4.69) is 4.72 Å². The van der Waals surface area contributed by atoms with Crippen molar-refractivity contribution in [1.29, 1.82) is 0 Å². The maximum Gasteiger partial charge on any atom is 0.389 e. The molecular weight excluding hydrogens is 267 g/mol. The largest absolute Gasteiger partial charge is 0.389 e. The molecule has 0 aliphatic carbocycles. The summed E-state index contributed by atoms with van der Waals surface area (Å²) < 4.78 is 60.2. The number of hydrogen-bond acceptors (Lipinski definition) is 2. The molecule has 16 heavy (non-hydrogen) atoms. The van der Waals surface area contributed by atoms with E-state index in [1.54, 1.807) is 6.92 Å². The third-order valence-corrected chi connectivity index (χ3v) is 3.60. The molecule has 0 fully saturated rings. The minimum Gasteiger partial charge on any atom is -0.212 e. The van der Waals surface area contributed by atoms with Crippen LogP contribution in [-0.2, 0) is 10.0 Å². The summed E-state index contributed by atoms with van der Waals surface area (Å²) in [6, 6.07) is -0.353. The Labute approximate surface area is 98.4 Å². The topological polar surface area (TPSA) is 46.2 Å². The van der Waals surface area contributed by atoms with Crippen LogP contribution in [0.25, 0.3) is 0 Å². The van der Waals surface area contributed by atoms with Crippen LogP contribution in [0, 0.1) is 0 Å². The number of nitrogens with one attached hydrogen (secondary N) is 1. The lowest BCUT2D eigenvalue weighted by atomic mass is 10.3. The molecule has 0 aliphatic heterocycles. The van der Waals surface area contributed by atoms with Crippen molar-refractivity contribution in [1.82, 2.24) is 4.72 Å². The molecule has 0 aromatic heterocycles. The summed E-state index contributed by atoms with van der Waals surface area (Å²) >= 11 is 5.41. The van der Waals surface area contributed by atoms with Gasteiger partial charge < -0.3 is 0 Å². The summed E-state index contributed by atoms with van der Waals surface area (Å²) in [4.78, 5) is 0. The van der Waals surface area contributed by atoms with Crippen LogP contribution in [0.5, 0.6) is 0 Å². The zero-order valence-corrected chi connectivity index (χ0v) is 10.4. The smallest absolute Gasteiger partial charge is 0.212 e. The van der Waals surface area contributed by atoms with Crippen LogP contribution in [0.1, 0.15) is 26.2 Å². The molecule has 0 aromatic rings. The van der Waals surface area contributed by atoms with Gasteiger partial charge in [-0.15, -0.1) is 11.6 Å². The second-order valence-corrected chi connectivity index (χ2v) is 5.79. The fourth-order valence-corrected chi connectivity index (χ4v) is 2.75. The van der Waals surface area contributed by atoms with Crippen LogP contribution in [0.3, 0.4) is 0 Å². The maximum atomic E-state index is 11.8. The van der Waals surface area contributed by atoms with E-state index >= 15 is 0 Å². The van der Waals surface area contributed by atoms with E-state index in [0.717, 1.165) is 0 Å². The zero-order chi connectivity index (χ0) is 12.8. The summed E-state index contributed by atoms with van der Waals surface area (Å²) in [7, 11) is -3.63. The van der Waals surface area contributed by atoms with Gasteiger partial charge >= 0.3 is 6.18 Å². The lowest BCUT2D eigenvalue weighted by Crippen LogP contribution is -2.34. The summed E-state index contributed by atoms with van der Waals surface area (Å²) in [5, 5.41) is 0. The van der Waals surface area contributed by atoms with Crippen LogP contribution in [-0.4, -0.2) is 32.3 Å². The van der Waals surface area contributed by atoms with Gasteiger partial charge in [0.1, 0.15) is 0 Å². The Kier molecular flexibility index (Phi) is 6.65. The van der Waals surface area contributed by atoms with E-state index in [9.17, 15) is 21.6 Å². The molecule has 0 spiro atoms. The van der Waals surface area contributed by atoms with Crippen molar-refractivity contribution in [3.05, 3.63) is 0 Å². The minimum atomic E-state index is -4.31. The molecule has 0 saturated heterocycles. The van der Waals surface area contributed by atoms with E-state index in [1.807, 2.05) is 0 Å². The summed E-state index contributed by atoms with van der Waals surface area (Å²) in [5.41, 5.74) is 0. The highest BCUT2D eigenvalue weighted by atomic mass is 35.5. The molecule has 0 bridgehead atoms. The second kappa shape index (κ2) is 6.66. The molecule has 0 heterocycles. The van der Waals surface area contributed by atoms with Crippen LogP contribution in [0.2, 0.25) is 0 Å². The maximum absolute atomic E-state index is 11.8. The van der Waals surface area contributed by atoms with Gasteiger partial charge in [0.15, 0.2) is 0 Å². The summed E-state index contributed by atoms with van der Waals surface area (Å²) in [6.45, 7) is 1.61. The van der Waals surface area contributed by atoms with Crippen molar-refractivity contribution in [2.24, 2.45) is 0 Å². The average Bonchev–Trinajstić information content (AvgIpc) is 1.99. The highest BCUT2D eigenvalue weighted by Crippen LogP contribution is 2.21. The molecule has 8 heteroatoms. The Morgan fingerprint density at radius 1 is 1.38 bits per heavy atom. The van der Waals surface area contributed by atoms with Crippen molar-refractivity contribution >= 4 is 21.6 Å². The van der Waals surface area contributed by atoms with Gasteiger partial charge in [0, 0.05) is 18.3 Å². The lowest BCUT2D eigenvalue weighted by Gasteiger charge is -2.13. The number of sulfonamides is 1. The quantitative estimate of drug-likeness (QED) is 0.728. The molecule has 0 radical (unpaired) electrons. The van der Waals surface area contributed by atoms with Gasteiger partial charge in [-0.1, -0.05) is 0 Å². The van der Waals surface area contributed by atoms with Crippen molar-refractivity contribution in [3.63, 3.8) is 0 Å². The molecule has 1 atom stereocenters. The van der Waals surface area contributed by atoms with Crippen LogP contribution < -0.4 is 4.72 Å². The van der Waals surface area contributed by atoms with Gasteiger partial charge in [-0.3, -0.25) is 0 Å². The van der Waals surface area contributed by atoms with E-state index < -0.39 is 34.8 Å². The fraction of sp³-hybridized carbons (Fsp3) is 1.00. The third kappa shape index (κ3) is 9.23.